The number of nitro groups is 1. The topological polar surface area (TPSA) is 90.9 Å². The Labute approximate surface area is 191 Å². The van der Waals surface area contributed by atoms with E-state index >= 15 is 0 Å². The van der Waals surface area contributed by atoms with Crippen LogP contribution in [-0.2, 0) is 13.1 Å². The minimum absolute atomic E-state index is 0.0875. The number of hydrogen-bond acceptors (Lipinski definition) is 6. The predicted octanol–water partition coefficient (Wildman–Crippen LogP) is 4.74. The van der Waals surface area contributed by atoms with Gasteiger partial charge in [-0.15, -0.1) is 0 Å². The van der Waals surface area contributed by atoms with Gasteiger partial charge in [0.2, 0.25) is 0 Å². The van der Waals surface area contributed by atoms with Gasteiger partial charge < -0.3 is 19.5 Å². The number of nitrogens with one attached hydrogen (secondary N) is 1. The maximum atomic E-state index is 10.9. The third-order valence-corrected chi connectivity index (χ3v) is 5.35. The molecule has 0 spiro atoms. The van der Waals surface area contributed by atoms with Crippen molar-refractivity contribution >= 4 is 22.8 Å². The normalized spacial score (nSPS) is 11.1. The largest absolute Gasteiger partial charge is 0.493 e. The lowest BCUT2D eigenvalue weighted by Crippen LogP contribution is -2.06. The second-order valence-electron chi connectivity index (χ2n) is 7.44. The molecule has 33 heavy (non-hydrogen) atoms. The van der Waals surface area contributed by atoms with Crippen LogP contribution in [0, 0.1) is 10.1 Å². The van der Waals surface area contributed by atoms with E-state index in [9.17, 15) is 10.1 Å². The minimum atomic E-state index is -0.390. The molecular formula is C25H24N4O4. The van der Waals surface area contributed by atoms with E-state index in [0.29, 0.717) is 24.6 Å². The van der Waals surface area contributed by atoms with Gasteiger partial charge in [0.15, 0.2) is 11.5 Å². The Hall–Kier alpha value is -4.33. The van der Waals surface area contributed by atoms with Crippen LogP contribution in [0.1, 0.15) is 16.7 Å². The Morgan fingerprint density at radius 1 is 1.00 bits per heavy atom. The summed E-state index contributed by atoms with van der Waals surface area (Å²) in [6.07, 6.45) is 3.84. The number of ether oxygens (including phenoxy) is 2. The Morgan fingerprint density at radius 2 is 1.73 bits per heavy atom. The zero-order chi connectivity index (χ0) is 23.2. The van der Waals surface area contributed by atoms with Crippen molar-refractivity contribution in [3.05, 3.63) is 99.7 Å². The van der Waals surface area contributed by atoms with Crippen molar-refractivity contribution < 1.29 is 14.4 Å². The van der Waals surface area contributed by atoms with Crippen LogP contribution < -0.4 is 14.9 Å². The van der Waals surface area contributed by atoms with Crippen LogP contribution in [0.2, 0.25) is 0 Å². The van der Waals surface area contributed by atoms with Gasteiger partial charge in [-0.25, -0.2) is 0 Å². The van der Waals surface area contributed by atoms with E-state index in [2.05, 4.69) is 27.2 Å². The Balaban J connectivity index is 1.49. The molecule has 0 radical (unpaired) electrons. The Bertz CT molecular complexity index is 1300. The summed E-state index contributed by atoms with van der Waals surface area (Å²) in [4.78, 5) is 10.5. The fraction of sp³-hybridized carbons (Fsp3) is 0.160. The molecule has 0 bridgehead atoms. The molecule has 0 saturated heterocycles. The molecule has 8 heteroatoms. The Morgan fingerprint density at radius 3 is 2.45 bits per heavy atom. The van der Waals surface area contributed by atoms with Crippen molar-refractivity contribution in [2.45, 2.75) is 13.1 Å². The number of hydrogen-bond donors (Lipinski definition) is 1. The van der Waals surface area contributed by atoms with E-state index in [0.717, 1.165) is 27.6 Å². The van der Waals surface area contributed by atoms with E-state index in [1.165, 1.54) is 12.1 Å². The molecular weight excluding hydrogens is 420 g/mol. The molecule has 0 saturated carbocycles. The van der Waals surface area contributed by atoms with Crippen molar-refractivity contribution in [3.8, 4) is 11.5 Å². The number of rotatable bonds is 9. The van der Waals surface area contributed by atoms with Crippen molar-refractivity contribution in [1.29, 1.82) is 0 Å². The first kappa shape index (κ1) is 21.9. The van der Waals surface area contributed by atoms with Crippen LogP contribution >= 0.6 is 0 Å². The summed E-state index contributed by atoms with van der Waals surface area (Å²) in [5, 5.41) is 16.4. The molecule has 0 aliphatic heterocycles. The maximum absolute atomic E-state index is 10.9. The monoisotopic (exact) mass is 444 g/mol. The summed E-state index contributed by atoms with van der Waals surface area (Å²) in [5.41, 5.74) is 7.21. The van der Waals surface area contributed by atoms with Gasteiger partial charge in [-0.1, -0.05) is 36.4 Å². The van der Waals surface area contributed by atoms with Gasteiger partial charge in [-0.05, 0) is 29.3 Å². The number of benzene rings is 3. The predicted molar refractivity (Wildman–Crippen MR) is 128 cm³/mol. The van der Waals surface area contributed by atoms with Crippen molar-refractivity contribution in [3.63, 3.8) is 0 Å². The van der Waals surface area contributed by atoms with Gasteiger partial charge in [0, 0.05) is 41.3 Å². The highest BCUT2D eigenvalue weighted by Gasteiger charge is 2.09. The highest BCUT2D eigenvalue weighted by molar-refractivity contribution is 5.99. The summed E-state index contributed by atoms with van der Waals surface area (Å²) < 4.78 is 12.7. The lowest BCUT2D eigenvalue weighted by atomic mass is 10.2. The number of methoxy groups -OCH3 is 2. The van der Waals surface area contributed by atoms with Crippen LogP contribution in [-0.4, -0.2) is 29.9 Å². The molecule has 3 aromatic carbocycles. The zero-order valence-corrected chi connectivity index (χ0v) is 18.4. The lowest BCUT2D eigenvalue weighted by molar-refractivity contribution is -0.384. The fourth-order valence-corrected chi connectivity index (χ4v) is 3.67. The second-order valence-corrected chi connectivity index (χ2v) is 7.44. The Kier molecular flexibility index (Phi) is 6.54. The average Bonchev–Trinajstić information content (AvgIpc) is 3.19. The molecule has 4 aromatic rings. The molecule has 0 fully saturated rings. The first-order chi connectivity index (χ1) is 16.1. The molecule has 0 aliphatic rings. The summed E-state index contributed by atoms with van der Waals surface area (Å²) in [6.45, 7) is 1.14. The lowest BCUT2D eigenvalue weighted by Gasteiger charge is -2.09. The molecule has 4 rings (SSSR count). The van der Waals surface area contributed by atoms with Gasteiger partial charge in [0.05, 0.1) is 31.9 Å². The molecule has 8 nitrogen and oxygen atoms in total. The van der Waals surface area contributed by atoms with Crippen LogP contribution in [0.15, 0.2) is 78.0 Å². The average molecular weight is 444 g/mol. The smallest absolute Gasteiger partial charge is 0.269 e. The van der Waals surface area contributed by atoms with Crippen LogP contribution in [0.5, 0.6) is 11.5 Å². The highest BCUT2D eigenvalue weighted by atomic mass is 16.6. The molecule has 0 aliphatic carbocycles. The van der Waals surface area contributed by atoms with Crippen LogP contribution in [0.3, 0.4) is 0 Å². The molecule has 0 amide bonds. The third kappa shape index (κ3) is 4.95. The van der Waals surface area contributed by atoms with E-state index in [1.807, 2.05) is 36.5 Å². The van der Waals surface area contributed by atoms with E-state index in [-0.39, 0.29) is 5.69 Å². The van der Waals surface area contributed by atoms with Gasteiger partial charge in [0.25, 0.3) is 5.69 Å². The van der Waals surface area contributed by atoms with E-state index < -0.39 is 4.92 Å². The molecule has 1 N–H and O–H groups in total. The van der Waals surface area contributed by atoms with Gasteiger partial charge in [-0.3, -0.25) is 10.1 Å². The number of para-hydroxylation sites is 1. The number of nitrogens with zero attached hydrogens (tertiary/aromatic N) is 3. The molecule has 0 atom stereocenters. The minimum Gasteiger partial charge on any atom is -0.493 e. The second kappa shape index (κ2) is 9.86. The van der Waals surface area contributed by atoms with Gasteiger partial charge >= 0.3 is 0 Å². The molecule has 1 heterocycles. The summed E-state index contributed by atoms with van der Waals surface area (Å²) in [7, 11) is 3.22. The summed E-state index contributed by atoms with van der Waals surface area (Å²) >= 11 is 0. The number of fused-ring (bicyclic) bond motifs is 1. The highest BCUT2D eigenvalue weighted by Crippen LogP contribution is 2.27. The van der Waals surface area contributed by atoms with Crippen molar-refractivity contribution in [1.82, 2.24) is 9.99 Å². The molecule has 0 unspecified atom stereocenters. The SMILES string of the molecule is COc1ccc(CN/N=C\c2cn(Cc3ccc([N+](=O)[O-])cc3)c3ccccc23)cc1OC. The van der Waals surface area contributed by atoms with Crippen LogP contribution in [0.25, 0.3) is 10.9 Å². The van der Waals surface area contributed by atoms with E-state index in [1.54, 1.807) is 32.6 Å². The number of nitro benzene ring substituents is 1. The summed E-state index contributed by atoms with van der Waals surface area (Å²) in [6, 6.07) is 20.5. The molecule has 168 valence electrons. The third-order valence-electron chi connectivity index (χ3n) is 5.35. The zero-order valence-electron chi connectivity index (χ0n) is 18.4. The number of hydrazone groups is 1. The number of non-ortho nitro benzene ring substituents is 1. The molecule has 1 aromatic heterocycles. The van der Waals surface area contributed by atoms with Gasteiger partial charge in [-0.2, -0.15) is 5.10 Å². The first-order valence-electron chi connectivity index (χ1n) is 10.4. The van der Waals surface area contributed by atoms with Crippen molar-refractivity contribution in [2.24, 2.45) is 5.10 Å². The number of aromatic nitrogens is 1. The standard InChI is InChI=1S/C25H24N4O4/c1-32-24-12-9-19(13-25(24)33-2)14-26-27-15-20-17-28(23-6-4-3-5-22(20)23)16-18-7-10-21(11-8-18)29(30)31/h3-13,15,17,26H,14,16H2,1-2H3/b27-15-. The van der Waals surface area contributed by atoms with Crippen molar-refractivity contribution in [2.75, 3.05) is 14.2 Å². The first-order valence-corrected chi connectivity index (χ1v) is 10.4. The quantitative estimate of drug-likeness (QED) is 0.229. The maximum Gasteiger partial charge on any atom is 0.269 e. The van der Waals surface area contributed by atoms with E-state index in [4.69, 9.17) is 9.47 Å². The fourth-order valence-electron chi connectivity index (χ4n) is 3.67. The van der Waals surface area contributed by atoms with Gasteiger partial charge in [0.1, 0.15) is 0 Å². The summed E-state index contributed by atoms with van der Waals surface area (Å²) in [5.74, 6) is 1.36. The van der Waals surface area contributed by atoms with Crippen LogP contribution in [0.4, 0.5) is 5.69 Å².